The molecule has 176 valence electrons. The molecule has 34 heavy (non-hydrogen) atoms. The van der Waals surface area contributed by atoms with Gasteiger partial charge in [-0.15, -0.1) is 0 Å². The molecule has 0 bridgehead atoms. The molecule has 0 aliphatic carbocycles. The molecule has 1 aromatic heterocycles. The average molecular weight is 457 g/mol. The summed E-state index contributed by atoms with van der Waals surface area (Å²) in [4.78, 5) is 16.6. The van der Waals surface area contributed by atoms with Crippen molar-refractivity contribution in [1.29, 1.82) is 0 Å². The average Bonchev–Trinajstić information content (AvgIpc) is 3.30. The number of amides is 1. The number of ether oxygens (including phenoxy) is 2. The maximum atomic E-state index is 13.2. The van der Waals surface area contributed by atoms with Crippen LogP contribution in [0, 0.1) is 0 Å². The van der Waals surface area contributed by atoms with Gasteiger partial charge in [-0.1, -0.05) is 60.7 Å². The van der Waals surface area contributed by atoms with Crippen molar-refractivity contribution in [1.82, 2.24) is 10.3 Å². The summed E-state index contributed by atoms with van der Waals surface area (Å²) in [5.41, 5.74) is 4.32. The zero-order chi connectivity index (χ0) is 23.9. The highest BCUT2D eigenvalue weighted by Gasteiger charge is 2.26. The Bertz CT molecular complexity index is 1230. The molecule has 0 aliphatic rings. The van der Waals surface area contributed by atoms with E-state index >= 15 is 0 Å². The maximum absolute atomic E-state index is 13.2. The minimum Gasteiger partial charge on any atom is -0.493 e. The van der Waals surface area contributed by atoms with E-state index in [0.717, 1.165) is 34.9 Å². The number of benzene rings is 3. The number of H-pyrrole nitrogens is 1. The molecule has 2 atom stereocenters. The molecule has 0 saturated carbocycles. The number of fused-ring (bicyclic) bond motifs is 1. The molecule has 1 amide bonds. The van der Waals surface area contributed by atoms with E-state index < -0.39 is 0 Å². The molecule has 4 aromatic rings. The summed E-state index contributed by atoms with van der Waals surface area (Å²) < 4.78 is 11.3. The second-order valence-corrected chi connectivity index (χ2v) is 8.62. The van der Waals surface area contributed by atoms with E-state index in [2.05, 4.69) is 35.4 Å². The van der Waals surface area contributed by atoms with Gasteiger partial charge in [0.2, 0.25) is 5.91 Å². The van der Waals surface area contributed by atoms with Gasteiger partial charge in [0.15, 0.2) is 11.5 Å². The first-order chi connectivity index (χ1) is 16.6. The largest absolute Gasteiger partial charge is 0.493 e. The predicted molar refractivity (Wildman–Crippen MR) is 137 cm³/mol. The SMILES string of the molecule is COc1cccc([C@H](CC(=O)N[C@H](C)CCc2ccccc2)c2c[nH]c3ccccc23)c1OC. The van der Waals surface area contributed by atoms with E-state index in [4.69, 9.17) is 9.47 Å². The zero-order valence-corrected chi connectivity index (χ0v) is 20.0. The molecule has 0 fully saturated rings. The first-order valence-corrected chi connectivity index (χ1v) is 11.7. The van der Waals surface area contributed by atoms with E-state index in [0.29, 0.717) is 17.9 Å². The van der Waals surface area contributed by atoms with Crippen molar-refractivity contribution >= 4 is 16.8 Å². The van der Waals surface area contributed by atoms with Crippen LogP contribution >= 0.6 is 0 Å². The van der Waals surface area contributed by atoms with Crippen LogP contribution in [0.3, 0.4) is 0 Å². The van der Waals surface area contributed by atoms with Gasteiger partial charge >= 0.3 is 0 Å². The Kier molecular flexibility index (Phi) is 7.53. The Hall–Kier alpha value is -3.73. The van der Waals surface area contributed by atoms with Crippen molar-refractivity contribution in [3.63, 3.8) is 0 Å². The summed E-state index contributed by atoms with van der Waals surface area (Å²) >= 11 is 0. The number of rotatable bonds is 10. The summed E-state index contributed by atoms with van der Waals surface area (Å²) in [6.07, 6.45) is 4.12. The summed E-state index contributed by atoms with van der Waals surface area (Å²) in [5, 5.41) is 4.30. The highest BCUT2D eigenvalue weighted by Crippen LogP contribution is 2.41. The predicted octanol–water partition coefficient (Wildman–Crippen LogP) is 5.84. The quantitative estimate of drug-likeness (QED) is 0.315. The van der Waals surface area contributed by atoms with Crippen LogP contribution in [0.2, 0.25) is 0 Å². The number of aromatic amines is 1. The number of nitrogens with one attached hydrogen (secondary N) is 2. The molecule has 0 saturated heterocycles. The van der Waals surface area contributed by atoms with Crippen LogP contribution in [-0.4, -0.2) is 31.2 Å². The fourth-order valence-electron chi connectivity index (χ4n) is 4.58. The minimum atomic E-state index is -0.192. The summed E-state index contributed by atoms with van der Waals surface area (Å²) in [6.45, 7) is 2.06. The Morgan fingerprint density at radius 1 is 0.912 bits per heavy atom. The molecular formula is C29H32N2O3. The van der Waals surface area contributed by atoms with Crippen LogP contribution in [0.4, 0.5) is 0 Å². The molecule has 0 radical (unpaired) electrons. The van der Waals surface area contributed by atoms with Gasteiger partial charge < -0.3 is 19.8 Å². The van der Waals surface area contributed by atoms with Gasteiger partial charge in [0, 0.05) is 41.0 Å². The third-order valence-corrected chi connectivity index (χ3v) is 6.31. The Labute approximate surface area is 201 Å². The fourth-order valence-corrected chi connectivity index (χ4v) is 4.58. The van der Waals surface area contributed by atoms with Gasteiger partial charge in [-0.25, -0.2) is 0 Å². The van der Waals surface area contributed by atoms with Crippen molar-refractivity contribution in [2.75, 3.05) is 14.2 Å². The van der Waals surface area contributed by atoms with Gasteiger partial charge in [-0.2, -0.15) is 0 Å². The van der Waals surface area contributed by atoms with Gasteiger partial charge in [0.05, 0.1) is 14.2 Å². The topological polar surface area (TPSA) is 63.3 Å². The fraction of sp³-hybridized carbons (Fsp3) is 0.276. The Morgan fingerprint density at radius 3 is 2.44 bits per heavy atom. The van der Waals surface area contributed by atoms with E-state index in [1.165, 1.54) is 5.56 Å². The monoisotopic (exact) mass is 456 g/mol. The molecule has 4 rings (SSSR count). The molecule has 0 unspecified atom stereocenters. The smallest absolute Gasteiger partial charge is 0.221 e. The van der Waals surface area contributed by atoms with Crippen LogP contribution in [-0.2, 0) is 11.2 Å². The highest BCUT2D eigenvalue weighted by atomic mass is 16.5. The standard InChI is InChI=1S/C29H32N2O3/c1-20(16-17-21-10-5-4-6-11-21)31-28(32)18-24(23-13-9-15-27(33-2)29(23)34-3)25-19-30-26-14-8-7-12-22(25)26/h4-15,19-20,24,30H,16-18H2,1-3H3,(H,31,32)/t20-,24+/m1/s1. The van der Waals surface area contributed by atoms with Gasteiger partial charge in [0.1, 0.15) is 0 Å². The summed E-state index contributed by atoms with van der Waals surface area (Å²) in [6, 6.07) is 24.4. The molecule has 5 heteroatoms. The highest BCUT2D eigenvalue weighted by molar-refractivity contribution is 5.86. The van der Waals surface area contributed by atoms with Crippen molar-refractivity contribution in [3.05, 3.63) is 95.7 Å². The number of hydrogen-bond donors (Lipinski definition) is 2. The maximum Gasteiger partial charge on any atom is 0.221 e. The van der Waals surface area contributed by atoms with Crippen molar-refractivity contribution < 1.29 is 14.3 Å². The zero-order valence-electron chi connectivity index (χ0n) is 20.0. The second-order valence-electron chi connectivity index (χ2n) is 8.62. The van der Waals surface area contributed by atoms with Gasteiger partial charge in [-0.05, 0) is 43.0 Å². The molecule has 2 N–H and O–H groups in total. The van der Waals surface area contributed by atoms with Gasteiger partial charge in [-0.3, -0.25) is 4.79 Å². The molecule has 1 heterocycles. The number of methoxy groups -OCH3 is 2. The number of para-hydroxylation sites is 2. The molecule has 3 aromatic carbocycles. The summed E-state index contributed by atoms with van der Waals surface area (Å²) in [7, 11) is 3.27. The number of aromatic nitrogens is 1. The van der Waals surface area contributed by atoms with Crippen LogP contribution in [0.5, 0.6) is 11.5 Å². The number of aryl methyl sites for hydroxylation is 1. The van der Waals surface area contributed by atoms with Crippen LogP contribution in [0.1, 0.15) is 42.4 Å². The lowest BCUT2D eigenvalue weighted by Gasteiger charge is -2.22. The lowest BCUT2D eigenvalue weighted by molar-refractivity contribution is -0.121. The van der Waals surface area contributed by atoms with E-state index in [9.17, 15) is 4.79 Å². The third-order valence-electron chi connectivity index (χ3n) is 6.31. The van der Waals surface area contributed by atoms with Crippen molar-refractivity contribution in [3.8, 4) is 11.5 Å². The molecule has 0 aliphatic heterocycles. The van der Waals surface area contributed by atoms with E-state index in [1.807, 2.05) is 60.8 Å². The molecular weight excluding hydrogens is 424 g/mol. The Morgan fingerprint density at radius 2 is 1.68 bits per heavy atom. The first kappa shape index (κ1) is 23.4. The number of hydrogen-bond acceptors (Lipinski definition) is 3. The van der Waals surface area contributed by atoms with Crippen LogP contribution in [0.15, 0.2) is 79.0 Å². The van der Waals surface area contributed by atoms with Crippen molar-refractivity contribution in [2.45, 2.75) is 38.1 Å². The van der Waals surface area contributed by atoms with E-state index in [1.54, 1.807) is 14.2 Å². The molecule has 0 spiro atoms. The minimum absolute atomic E-state index is 0.0146. The van der Waals surface area contributed by atoms with E-state index in [-0.39, 0.29) is 17.9 Å². The number of carbonyl (C=O) groups is 1. The Balaban J connectivity index is 1.58. The van der Waals surface area contributed by atoms with Crippen molar-refractivity contribution in [2.24, 2.45) is 0 Å². The lowest BCUT2D eigenvalue weighted by Crippen LogP contribution is -2.34. The lowest BCUT2D eigenvalue weighted by atomic mass is 9.87. The van der Waals surface area contributed by atoms with Crippen LogP contribution < -0.4 is 14.8 Å². The number of carbonyl (C=O) groups excluding carboxylic acids is 1. The third kappa shape index (κ3) is 5.25. The van der Waals surface area contributed by atoms with Crippen LogP contribution in [0.25, 0.3) is 10.9 Å². The van der Waals surface area contributed by atoms with Gasteiger partial charge in [0.25, 0.3) is 0 Å². The normalized spacial score (nSPS) is 12.8. The first-order valence-electron chi connectivity index (χ1n) is 11.7. The molecule has 5 nitrogen and oxygen atoms in total. The summed E-state index contributed by atoms with van der Waals surface area (Å²) in [5.74, 6) is 1.13. The second kappa shape index (κ2) is 10.9.